The number of ether oxygens (including phenoxy) is 1. The SMILES string of the molecule is COc1cccc2c1CC(C(=O)NS(=O)(=O)c1ccccc1C)CC2. The minimum atomic E-state index is -3.86. The van der Waals surface area contributed by atoms with Crippen LogP contribution in [0.1, 0.15) is 23.1 Å². The first kappa shape index (κ1) is 17.5. The van der Waals surface area contributed by atoms with Gasteiger partial charge in [-0.25, -0.2) is 13.1 Å². The van der Waals surface area contributed by atoms with Crippen LogP contribution < -0.4 is 9.46 Å². The van der Waals surface area contributed by atoms with Crippen molar-refractivity contribution in [1.29, 1.82) is 0 Å². The van der Waals surface area contributed by atoms with Gasteiger partial charge in [0.25, 0.3) is 10.0 Å². The molecule has 0 radical (unpaired) electrons. The summed E-state index contributed by atoms with van der Waals surface area (Å²) >= 11 is 0. The topological polar surface area (TPSA) is 72.5 Å². The quantitative estimate of drug-likeness (QED) is 0.911. The number of hydrogen-bond acceptors (Lipinski definition) is 4. The van der Waals surface area contributed by atoms with E-state index in [0.717, 1.165) is 23.3 Å². The largest absolute Gasteiger partial charge is 0.496 e. The van der Waals surface area contributed by atoms with Crippen LogP contribution in [0.2, 0.25) is 0 Å². The third-order valence-electron chi connectivity index (χ3n) is 4.65. The number of benzene rings is 2. The van der Waals surface area contributed by atoms with E-state index in [1.54, 1.807) is 32.2 Å². The number of rotatable bonds is 4. The molecule has 1 unspecified atom stereocenters. The molecule has 0 heterocycles. The van der Waals surface area contributed by atoms with E-state index in [1.807, 2.05) is 18.2 Å². The Morgan fingerprint density at radius 1 is 1.16 bits per heavy atom. The predicted octanol–water partition coefficient (Wildman–Crippen LogP) is 2.61. The van der Waals surface area contributed by atoms with Crippen LogP contribution in [0, 0.1) is 12.8 Å². The van der Waals surface area contributed by atoms with Crippen LogP contribution >= 0.6 is 0 Å². The van der Waals surface area contributed by atoms with Gasteiger partial charge >= 0.3 is 0 Å². The number of nitrogens with one attached hydrogen (secondary N) is 1. The summed E-state index contributed by atoms with van der Waals surface area (Å²) in [5.74, 6) is -0.0980. The normalized spacial score (nSPS) is 16.8. The third-order valence-corrected chi connectivity index (χ3v) is 6.16. The summed E-state index contributed by atoms with van der Waals surface area (Å²) in [6, 6.07) is 12.4. The molecule has 0 aliphatic heterocycles. The number of hydrogen-bond donors (Lipinski definition) is 1. The first-order valence-electron chi connectivity index (χ1n) is 8.19. The highest BCUT2D eigenvalue weighted by atomic mass is 32.2. The Morgan fingerprint density at radius 3 is 2.64 bits per heavy atom. The van der Waals surface area contributed by atoms with E-state index in [4.69, 9.17) is 4.74 Å². The van der Waals surface area contributed by atoms with Gasteiger partial charge in [0.15, 0.2) is 0 Å². The molecule has 2 aromatic rings. The Bertz CT molecular complexity index is 891. The van der Waals surface area contributed by atoms with Gasteiger partial charge in [-0.15, -0.1) is 0 Å². The summed E-state index contributed by atoms with van der Waals surface area (Å²) in [6.45, 7) is 1.71. The average Bonchev–Trinajstić information content (AvgIpc) is 2.60. The van der Waals surface area contributed by atoms with Crippen molar-refractivity contribution in [3.05, 3.63) is 59.2 Å². The first-order chi connectivity index (χ1) is 11.9. The number of aryl methyl sites for hydroxylation is 2. The van der Waals surface area contributed by atoms with Crippen LogP contribution in [0.5, 0.6) is 5.75 Å². The second kappa shape index (κ2) is 6.88. The molecule has 1 atom stereocenters. The zero-order chi connectivity index (χ0) is 18.0. The van der Waals surface area contributed by atoms with Gasteiger partial charge in [0.05, 0.1) is 12.0 Å². The second-order valence-corrected chi connectivity index (χ2v) is 7.92. The van der Waals surface area contributed by atoms with Gasteiger partial charge < -0.3 is 4.74 Å². The maximum atomic E-state index is 12.6. The van der Waals surface area contributed by atoms with Gasteiger partial charge in [-0.1, -0.05) is 30.3 Å². The first-order valence-corrected chi connectivity index (χ1v) is 9.67. The molecule has 132 valence electrons. The summed E-state index contributed by atoms with van der Waals surface area (Å²) in [5, 5.41) is 0. The monoisotopic (exact) mass is 359 g/mol. The van der Waals surface area contributed by atoms with Crippen LogP contribution in [-0.4, -0.2) is 21.4 Å². The Kier molecular flexibility index (Phi) is 4.81. The van der Waals surface area contributed by atoms with E-state index in [1.165, 1.54) is 6.07 Å². The molecule has 0 spiro atoms. The molecule has 1 N–H and O–H groups in total. The minimum Gasteiger partial charge on any atom is -0.496 e. The van der Waals surface area contributed by atoms with Crippen molar-refractivity contribution in [3.63, 3.8) is 0 Å². The molecule has 1 aliphatic carbocycles. The number of amides is 1. The van der Waals surface area contributed by atoms with E-state index >= 15 is 0 Å². The molecule has 2 aromatic carbocycles. The fourth-order valence-corrected chi connectivity index (χ4v) is 4.59. The minimum absolute atomic E-state index is 0.136. The third kappa shape index (κ3) is 3.54. The lowest BCUT2D eigenvalue weighted by atomic mass is 9.83. The molecular formula is C19H21NO4S. The average molecular weight is 359 g/mol. The summed E-state index contributed by atoms with van der Waals surface area (Å²) in [5.41, 5.74) is 2.76. The number of fused-ring (bicyclic) bond motifs is 1. The van der Waals surface area contributed by atoms with Gasteiger partial charge in [-0.05, 0) is 55.0 Å². The molecule has 5 nitrogen and oxygen atoms in total. The Hall–Kier alpha value is -2.34. The molecule has 3 rings (SSSR count). The van der Waals surface area contributed by atoms with Gasteiger partial charge in [0, 0.05) is 5.92 Å². The van der Waals surface area contributed by atoms with Crippen molar-refractivity contribution in [3.8, 4) is 5.75 Å². The van der Waals surface area contributed by atoms with Crippen LogP contribution in [0.3, 0.4) is 0 Å². The highest BCUT2D eigenvalue weighted by Gasteiger charge is 2.30. The Labute approximate surface area is 148 Å². The highest BCUT2D eigenvalue weighted by Crippen LogP contribution is 2.32. The molecular weight excluding hydrogens is 338 g/mol. The zero-order valence-corrected chi connectivity index (χ0v) is 15.1. The lowest BCUT2D eigenvalue weighted by Crippen LogP contribution is -2.38. The summed E-state index contributed by atoms with van der Waals surface area (Å²) < 4.78 is 32.7. The zero-order valence-electron chi connectivity index (χ0n) is 14.3. The predicted molar refractivity (Wildman–Crippen MR) is 95.0 cm³/mol. The molecule has 0 saturated heterocycles. The van der Waals surface area contributed by atoms with Crippen molar-refractivity contribution in [1.82, 2.24) is 4.72 Å². The second-order valence-electron chi connectivity index (χ2n) is 6.27. The van der Waals surface area contributed by atoms with E-state index in [9.17, 15) is 13.2 Å². The highest BCUT2D eigenvalue weighted by molar-refractivity contribution is 7.90. The van der Waals surface area contributed by atoms with Gasteiger partial charge in [-0.2, -0.15) is 0 Å². The summed E-state index contributed by atoms with van der Waals surface area (Å²) in [7, 11) is -2.26. The maximum absolute atomic E-state index is 12.6. The van der Waals surface area contributed by atoms with Crippen LogP contribution in [-0.2, 0) is 27.7 Å². The fourth-order valence-electron chi connectivity index (χ4n) is 3.30. The maximum Gasteiger partial charge on any atom is 0.264 e. The van der Waals surface area contributed by atoms with Gasteiger partial charge in [-0.3, -0.25) is 4.79 Å². The smallest absolute Gasteiger partial charge is 0.264 e. The van der Waals surface area contributed by atoms with Crippen LogP contribution in [0.25, 0.3) is 0 Å². The molecule has 0 bridgehead atoms. The van der Waals surface area contributed by atoms with Gasteiger partial charge in [0.2, 0.25) is 5.91 Å². The fraction of sp³-hybridized carbons (Fsp3) is 0.316. The van der Waals surface area contributed by atoms with Crippen molar-refractivity contribution in [2.24, 2.45) is 5.92 Å². The molecule has 0 fully saturated rings. The van der Waals surface area contributed by atoms with E-state index < -0.39 is 15.9 Å². The van der Waals surface area contributed by atoms with Crippen LogP contribution in [0.15, 0.2) is 47.4 Å². The number of sulfonamides is 1. The standard InChI is InChI=1S/C19H21NO4S/c1-13-6-3-4-9-18(13)25(22,23)20-19(21)15-11-10-14-7-5-8-17(24-2)16(14)12-15/h3-9,15H,10-12H2,1-2H3,(H,20,21). The van der Waals surface area contributed by atoms with Crippen molar-refractivity contribution < 1.29 is 17.9 Å². The summed E-state index contributed by atoms with van der Waals surface area (Å²) in [4.78, 5) is 12.7. The molecule has 6 heteroatoms. The van der Waals surface area contributed by atoms with Gasteiger partial charge in [0.1, 0.15) is 5.75 Å². The molecule has 1 aliphatic rings. The lowest BCUT2D eigenvalue weighted by Gasteiger charge is -2.25. The molecule has 0 aromatic heterocycles. The summed E-state index contributed by atoms with van der Waals surface area (Å²) in [6.07, 6.45) is 1.83. The number of carbonyl (C=O) groups excluding carboxylic acids is 1. The van der Waals surface area contributed by atoms with Crippen molar-refractivity contribution >= 4 is 15.9 Å². The molecule has 1 amide bonds. The van der Waals surface area contributed by atoms with E-state index in [2.05, 4.69) is 4.72 Å². The molecule has 0 saturated carbocycles. The van der Waals surface area contributed by atoms with Crippen LogP contribution in [0.4, 0.5) is 0 Å². The lowest BCUT2D eigenvalue weighted by molar-refractivity contribution is -0.123. The number of methoxy groups -OCH3 is 1. The molecule has 25 heavy (non-hydrogen) atoms. The Morgan fingerprint density at radius 2 is 1.92 bits per heavy atom. The van der Waals surface area contributed by atoms with E-state index in [0.29, 0.717) is 18.4 Å². The van der Waals surface area contributed by atoms with E-state index in [-0.39, 0.29) is 10.8 Å². The number of carbonyl (C=O) groups is 1. The van der Waals surface area contributed by atoms with Crippen molar-refractivity contribution in [2.45, 2.75) is 31.1 Å². The Balaban J connectivity index is 1.80. The van der Waals surface area contributed by atoms with Crippen molar-refractivity contribution in [2.75, 3.05) is 7.11 Å².